The molecule has 1 atom stereocenters. The Labute approximate surface area is 185 Å². The fraction of sp³-hybridized carbons (Fsp3) is 0.348. The number of phenols is 1. The van der Waals surface area contributed by atoms with E-state index in [-0.39, 0.29) is 10.6 Å². The van der Waals surface area contributed by atoms with Crippen LogP contribution >= 0.6 is 23.4 Å². The number of thioether (sulfide) groups is 1. The van der Waals surface area contributed by atoms with Crippen LogP contribution in [0.2, 0.25) is 5.02 Å². The minimum atomic E-state index is -1.01. The molecular formula is C23H25ClN2O3S. The predicted octanol–water partition coefficient (Wildman–Crippen LogP) is 5.34. The minimum Gasteiger partial charge on any atom is -0.508 e. The molecule has 0 amide bonds. The molecule has 2 heterocycles. The van der Waals surface area contributed by atoms with Crippen LogP contribution in [0.3, 0.4) is 0 Å². The van der Waals surface area contributed by atoms with Crippen molar-refractivity contribution in [2.45, 2.75) is 24.5 Å². The summed E-state index contributed by atoms with van der Waals surface area (Å²) in [5.41, 5.74) is 3.27. The zero-order valence-corrected chi connectivity index (χ0v) is 18.2. The quantitative estimate of drug-likeness (QED) is 0.429. The molecule has 1 unspecified atom stereocenters. The van der Waals surface area contributed by atoms with Crippen molar-refractivity contribution in [3.63, 3.8) is 0 Å². The second-order valence-electron chi connectivity index (χ2n) is 7.75. The second-order valence-corrected chi connectivity index (χ2v) is 9.24. The highest BCUT2D eigenvalue weighted by Gasteiger charge is 2.21. The minimum absolute atomic E-state index is 0.124. The highest BCUT2D eigenvalue weighted by Crippen LogP contribution is 2.31. The molecule has 7 heteroatoms. The lowest BCUT2D eigenvalue weighted by molar-refractivity contribution is 0.0697. The topological polar surface area (TPSA) is 76.6 Å². The van der Waals surface area contributed by atoms with E-state index in [2.05, 4.69) is 9.88 Å². The van der Waals surface area contributed by atoms with E-state index in [0.29, 0.717) is 17.2 Å². The van der Waals surface area contributed by atoms with E-state index in [1.165, 1.54) is 18.4 Å². The van der Waals surface area contributed by atoms with Crippen LogP contribution in [0, 0.1) is 0 Å². The standard InChI is InChI=1S/C23H25ClN2O3S/c24-21-20(23(28)29)8-7-19-17(12-25-22(19)21)14-30-11-10-26-9-1-2-16(13-26)15-3-5-18(27)6-4-15/h3-8,12,16,25,27H,1-2,9-11,13-14H2,(H,28,29). The van der Waals surface area contributed by atoms with Gasteiger partial charge in [-0.15, -0.1) is 0 Å². The van der Waals surface area contributed by atoms with E-state index < -0.39 is 5.97 Å². The molecule has 158 valence electrons. The van der Waals surface area contributed by atoms with Gasteiger partial charge in [0.05, 0.1) is 16.1 Å². The summed E-state index contributed by atoms with van der Waals surface area (Å²) in [6, 6.07) is 11.0. The Bertz CT molecular complexity index is 1030. The first-order chi connectivity index (χ1) is 14.5. The largest absolute Gasteiger partial charge is 0.508 e. The summed E-state index contributed by atoms with van der Waals surface area (Å²) in [6.07, 6.45) is 4.32. The van der Waals surface area contributed by atoms with Gasteiger partial charge in [-0.2, -0.15) is 11.8 Å². The smallest absolute Gasteiger partial charge is 0.337 e. The van der Waals surface area contributed by atoms with Crippen molar-refractivity contribution < 1.29 is 15.0 Å². The van der Waals surface area contributed by atoms with E-state index in [1.54, 1.807) is 18.2 Å². The number of nitrogens with one attached hydrogen (secondary N) is 1. The number of carboxylic acid groups (broad SMARTS) is 1. The number of hydrogen-bond donors (Lipinski definition) is 3. The highest BCUT2D eigenvalue weighted by molar-refractivity contribution is 7.98. The van der Waals surface area contributed by atoms with Crippen LogP contribution < -0.4 is 0 Å². The molecule has 0 saturated carbocycles. The maximum absolute atomic E-state index is 11.2. The first kappa shape index (κ1) is 21.1. The van der Waals surface area contributed by atoms with Gasteiger partial charge in [-0.1, -0.05) is 29.8 Å². The third kappa shape index (κ3) is 4.61. The third-order valence-corrected chi connectivity index (χ3v) is 7.17. The van der Waals surface area contributed by atoms with Crippen molar-refractivity contribution in [2.75, 3.05) is 25.4 Å². The molecule has 5 nitrogen and oxygen atoms in total. The Kier molecular flexibility index (Phi) is 6.56. The maximum atomic E-state index is 11.2. The van der Waals surface area contributed by atoms with Gasteiger partial charge in [-0.05, 0) is 54.6 Å². The lowest BCUT2D eigenvalue weighted by atomic mass is 9.90. The molecule has 0 radical (unpaired) electrons. The summed E-state index contributed by atoms with van der Waals surface area (Å²) in [5.74, 6) is 1.73. The number of phenolic OH excluding ortho intramolecular Hbond substituents is 1. The molecule has 1 fully saturated rings. The SMILES string of the molecule is O=C(O)c1ccc2c(CSCCN3CCCC(c4ccc(O)cc4)C3)c[nH]c2c1Cl. The molecule has 0 spiro atoms. The number of halogens is 1. The molecule has 1 saturated heterocycles. The molecule has 1 aliphatic heterocycles. The lowest BCUT2D eigenvalue weighted by Gasteiger charge is -2.33. The summed E-state index contributed by atoms with van der Waals surface area (Å²) in [4.78, 5) is 16.9. The van der Waals surface area contributed by atoms with E-state index in [9.17, 15) is 15.0 Å². The van der Waals surface area contributed by atoms with Crippen LogP contribution in [-0.4, -0.2) is 51.5 Å². The van der Waals surface area contributed by atoms with Crippen LogP contribution in [0.25, 0.3) is 10.9 Å². The molecule has 0 bridgehead atoms. The zero-order chi connectivity index (χ0) is 21.1. The van der Waals surface area contributed by atoms with Crippen molar-refractivity contribution in [2.24, 2.45) is 0 Å². The highest BCUT2D eigenvalue weighted by atomic mass is 35.5. The van der Waals surface area contributed by atoms with E-state index >= 15 is 0 Å². The van der Waals surface area contributed by atoms with Crippen molar-refractivity contribution in [1.29, 1.82) is 0 Å². The Morgan fingerprint density at radius 1 is 1.23 bits per heavy atom. The zero-order valence-electron chi connectivity index (χ0n) is 16.6. The monoisotopic (exact) mass is 444 g/mol. The van der Waals surface area contributed by atoms with Gasteiger partial charge >= 0.3 is 5.97 Å². The fourth-order valence-electron chi connectivity index (χ4n) is 4.16. The van der Waals surface area contributed by atoms with Gasteiger partial charge in [0.15, 0.2) is 0 Å². The van der Waals surface area contributed by atoms with Crippen LogP contribution in [-0.2, 0) is 5.75 Å². The number of aromatic amines is 1. The second kappa shape index (κ2) is 9.33. The number of rotatable bonds is 7. The number of nitrogens with zero attached hydrogens (tertiary/aromatic N) is 1. The maximum Gasteiger partial charge on any atom is 0.337 e. The van der Waals surface area contributed by atoms with Gasteiger partial charge in [0.1, 0.15) is 5.75 Å². The van der Waals surface area contributed by atoms with Gasteiger partial charge in [0, 0.05) is 36.2 Å². The number of benzene rings is 2. The number of H-pyrrole nitrogens is 1. The molecule has 2 aromatic carbocycles. The number of aromatic nitrogens is 1. The number of likely N-dealkylation sites (tertiary alicyclic amines) is 1. The van der Waals surface area contributed by atoms with Gasteiger partial charge < -0.3 is 20.1 Å². The average molecular weight is 445 g/mol. The van der Waals surface area contributed by atoms with E-state index in [0.717, 1.165) is 42.1 Å². The van der Waals surface area contributed by atoms with Crippen molar-refractivity contribution in [1.82, 2.24) is 9.88 Å². The fourth-order valence-corrected chi connectivity index (χ4v) is 5.45. The molecule has 3 aromatic rings. The number of carbonyl (C=O) groups is 1. The molecule has 1 aliphatic rings. The summed E-state index contributed by atoms with van der Waals surface area (Å²) < 4.78 is 0. The summed E-state index contributed by atoms with van der Waals surface area (Å²) in [6.45, 7) is 3.24. The lowest BCUT2D eigenvalue weighted by Crippen LogP contribution is -2.35. The number of aromatic hydroxyl groups is 1. The van der Waals surface area contributed by atoms with Gasteiger partial charge in [0.25, 0.3) is 0 Å². The molecular weight excluding hydrogens is 420 g/mol. The predicted molar refractivity (Wildman–Crippen MR) is 123 cm³/mol. The number of hydrogen-bond acceptors (Lipinski definition) is 4. The normalized spacial score (nSPS) is 17.4. The van der Waals surface area contributed by atoms with Crippen LogP contribution in [0.15, 0.2) is 42.6 Å². The Morgan fingerprint density at radius 2 is 2.03 bits per heavy atom. The molecule has 4 rings (SSSR count). The number of carboxylic acids is 1. The first-order valence-corrected chi connectivity index (χ1v) is 11.7. The van der Waals surface area contributed by atoms with Crippen molar-refractivity contribution in [3.05, 3.63) is 64.3 Å². The van der Waals surface area contributed by atoms with E-state index in [1.807, 2.05) is 36.2 Å². The van der Waals surface area contributed by atoms with Gasteiger partial charge in [-0.25, -0.2) is 4.79 Å². The van der Waals surface area contributed by atoms with E-state index in [4.69, 9.17) is 11.6 Å². The van der Waals surface area contributed by atoms with Crippen LogP contribution in [0.4, 0.5) is 0 Å². The Morgan fingerprint density at radius 3 is 2.80 bits per heavy atom. The average Bonchev–Trinajstić information content (AvgIpc) is 3.16. The van der Waals surface area contributed by atoms with Gasteiger partial charge in [-0.3, -0.25) is 0 Å². The summed E-state index contributed by atoms with van der Waals surface area (Å²) >= 11 is 8.13. The molecule has 0 aliphatic carbocycles. The first-order valence-electron chi connectivity index (χ1n) is 10.1. The van der Waals surface area contributed by atoms with Crippen LogP contribution in [0.5, 0.6) is 5.75 Å². The van der Waals surface area contributed by atoms with Crippen LogP contribution in [0.1, 0.15) is 40.2 Å². The summed E-state index contributed by atoms with van der Waals surface area (Å²) in [7, 11) is 0. The van der Waals surface area contributed by atoms with Gasteiger partial charge in [0.2, 0.25) is 0 Å². The Balaban J connectivity index is 1.30. The van der Waals surface area contributed by atoms with Crippen molar-refractivity contribution >= 4 is 40.2 Å². The number of fused-ring (bicyclic) bond motifs is 1. The summed E-state index contributed by atoms with van der Waals surface area (Å²) in [5, 5.41) is 20.0. The number of piperidine rings is 1. The molecule has 1 aromatic heterocycles. The number of aromatic carboxylic acids is 1. The molecule has 30 heavy (non-hydrogen) atoms. The molecule has 3 N–H and O–H groups in total. The third-order valence-electron chi connectivity index (χ3n) is 5.79. The van der Waals surface area contributed by atoms with Crippen molar-refractivity contribution in [3.8, 4) is 5.75 Å². The Hall–Kier alpha value is -2.15.